The van der Waals surface area contributed by atoms with E-state index in [-0.39, 0.29) is 6.09 Å². The Hall–Kier alpha value is -2.90. The summed E-state index contributed by atoms with van der Waals surface area (Å²) in [5.41, 5.74) is -0.400. The van der Waals surface area contributed by atoms with Gasteiger partial charge in [0.25, 0.3) is 0 Å². The summed E-state index contributed by atoms with van der Waals surface area (Å²) in [6, 6.07) is 7.57. The Morgan fingerprint density at radius 1 is 1.16 bits per heavy atom. The van der Waals surface area contributed by atoms with Crippen molar-refractivity contribution in [2.75, 3.05) is 23.3 Å². The SMILES string of the molecule is O=C1O[C@]2(CC[C@H](CNc3ccc(OC4CCCC4)cn3)CC2)CN1c1cccnn1. The molecule has 1 spiro atoms. The van der Waals surface area contributed by atoms with Gasteiger partial charge >= 0.3 is 6.09 Å². The number of carbonyl (C=O) groups excluding carboxylic acids is 1. The second-order valence-corrected chi connectivity index (χ2v) is 8.95. The number of nitrogens with one attached hydrogen (secondary N) is 1. The number of rotatable bonds is 6. The van der Waals surface area contributed by atoms with Crippen molar-refractivity contribution >= 4 is 17.7 Å². The van der Waals surface area contributed by atoms with Gasteiger partial charge in [0.15, 0.2) is 5.82 Å². The first kappa shape index (κ1) is 20.0. The molecular formula is C23H29N5O3. The number of amides is 1. The number of anilines is 2. The van der Waals surface area contributed by atoms with Gasteiger partial charge in [-0.05, 0) is 81.5 Å². The van der Waals surface area contributed by atoms with Crippen LogP contribution >= 0.6 is 0 Å². The molecule has 1 N–H and O–H groups in total. The zero-order chi connectivity index (χ0) is 21.1. The number of ether oxygens (including phenoxy) is 2. The molecule has 1 amide bonds. The van der Waals surface area contributed by atoms with Crippen molar-refractivity contribution < 1.29 is 14.3 Å². The van der Waals surface area contributed by atoms with Crippen LogP contribution in [0.3, 0.4) is 0 Å². The fourth-order valence-corrected chi connectivity index (χ4v) is 4.91. The number of pyridine rings is 1. The van der Waals surface area contributed by atoms with E-state index in [1.165, 1.54) is 12.8 Å². The molecule has 2 aromatic rings. The van der Waals surface area contributed by atoms with E-state index in [0.29, 0.717) is 24.4 Å². The number of hydrogen-bond acceptors (Lipinski definition) is 7. The Morgan fingerprint density at radius 3 is 2.71 bits per heavy atom. The highest BCUT2D eigenvalue weighted by atomic mass is 16.6. The smallest absolute Gasteiger partial charge is 0.416 e. The summed E-state index contributed by atoms with van der Waals surface area (Å²) in [5.74, 6) is 2.82. The highest BCUT2D eigenvalue weighted by Crippen LogP contribution is 2.40. The van der Waals surface area contributed by atoms with Gasteiger partial charge in [0.2, 0.25) is 0 Å². The van der Waals surface area contributed by atoms with Gasteiger partial charge in [-0.15, -0.1) is 5.10 Å². The van der Waals surface area contributed by atoms with E-state index in [1.54, 1.807) is 23.2 Å². The fourth-order valence-electron chi connectivity index (χ4n) is 4.91. The van der Waals surface area contributed by atoms with Crippen molar-refractivity contribution in [1.82, 2.24) is 15.2 Å². The van der Waals surface area contributed by atoms with E-state index < -0.39 is 5.60 Å². The van der Waals surface area contributed by atoms with Crippen LogP contribution in [0.25, 0.3) is 0 Å². The molecule has 0 radical (unpaired) electrons. The average Bonchev–Trinajstić information content (AvgIpc) is 3.43. The molecule has 0 atom stereocenters. The lowest BCUT2D eigenvalue weighted by Gasteiger charge is -2.35. The summed E-state index contributed by atoms with van der Waals surface area (Å²) >= 11 is 0. The maximum atomic E-state index is 12.4. The molecule has 1 saturated heterocycles. The first-order valence-corrected chi connectivity index (χ1v) is 11.3. The van der Waals surface area contributed by atoms with Crippen molar-refractivity contribution in [2.24, 2.45) is 5.92 Å². The van der Waals surface area contributed by atoms with E-state index in [1.807, 2.05) is 18.3 Å². The molecule has 3 fully saturated rings. The molecule has 0 unspecified atom stereocenters. The molecule has 2 aromatic heterocycles. The normalized spacial score (nSPS) is 26.3. The zero-order valence-corrected chi connectivity index (χ0v) is 17.7. The Kier molecular flexibility index (Phi) is 5.61. The summed E-state index contributed by atoms with van der Waals surface area (Å²) in [7, 11) is 0. The van der Waals surface area contributed by atoms with Gasteiger partial charge in [-0.1, -0.05) is 0 Å². The van der Waals surface area contributed by atoms with Crippen molar-refractivity contribution in [2.45, 2.75) is 63.1 Å². The summed E-state index contributed by atoms with van der Waals surface area (Å²) in [6.07, 6.45) is 12.0. The number of hydrogen-bond donors (Lipinski definition) is 1. The molecule has 2 saturated carbocycles. The third-order valence-corrected chi connectivity index (χ3v) is 6.73. The fraction of sp³-hybridized carbons (Fsp3) is 0.565. The number of aromatic nitrogens is 3. The second kappa shape index (κ2) is 8.69. The van der Waals surface area contributed by atoms with Gasteiger partial charge in [0.05, 0.1) is 18.8 Å². The average molecular weight is 424 g/mol. The molecule has 0 bridgehead atoms. The molecule has 8 heteroatoms. The van der Waals surface area contributed by atoms with E-state index in [0.717, 1.165) is 56.6 Å². The van der Waals surface area contributed by atoms with Crippen LogP contribution in [0.15, 0.2) is 36.7 Å². The van der Waals surface area contributed by atoms with Crippen molar-refractivity contribution in [3.8, 4) is 5.75 Å². The zero-order valence-electron chi connectivity index (χ0n) is 17.7. The van der Waals surface area contributed by atoms with Crippen LogP contribution in [0.1, 0.15) is 51.4 Å². The largest absolute Gasteiger partial charge is 0.489 e. The van der Waals surface area contributed by atoms with E-state index in [9.17, 15) is 4.79 Å². The van der Waals surface area contributed by atoms with Crippen LogP contribution in [0, 0.1) is 5.92 Å². The van der Waals surface area contributed by atoms with Crippen LogP contribution in [0.4, 0.5) is 16.4 Å². The van der Waals surface area contributed by atoms with Crippen molar-refractivity contribution in [1.29, 1.82) is 0 Å². The molecule has 3 aliphatic rings. The highest BCUT2D eigenvalue weighted by Gasteiger charge is 2.48. The van der Waals surface area contributed by atoms with Gasteiger partial charge in [0.1, 0.15) is 17.2 Å². The molecule has 164 valence electrons. The Labute approximate surface area is 182 Å². The third-order valence-electron chi connectivity index (χ3n) is 6.73. The minimum atomic E-state index is -0.400. The Bertz CT molecular complexity index is 878. The molecule has 31 heavy (non-hydrogen) atoms. The lowest BCUT2D eigenvalue weighted by molar-refractivity contribution is 0.0148. The van der Waals surface area contributed by atoms with Crippen LogP contribution in [-0.2, 0) is 4.74 Å². The molecule has 1 aliphatic heterocycles. The second-order valence-electron chi connectivity index (χ2n) is 8.95. The molecule has 8 nitrogen and oxygen atoms in total. The van der Waals surface area contributed by atoms with Crippen LogP contribution < -0.4 is 15.0 Å². The molecule has 2 aliphatic carbocycles. The van der Waals surface area contributed by atoms with Gasteiger partial charge in [0, 0.05) is 12.7 Å². The predicted octanol–water partition coefficient (Wildman–Crippen LogP) is 4.19. The van der Waals surface area contributed by atoms with Crippen molar-refractivity contribution in [3.63, 3.8) is 0 Å². The number of nitrogens with zero attached hydrogens (tertiary/aromatic N) is 4. The van der Waals surface area contributed by atoms with Gasteiger partial charge in [-0.2, -0.15) is 5.10 Å². The minimum absolute atomic E-state index is 0.318. The van der Waals surface area contributed by atoms with Crippen LogP contribution in [0.2, 0.25) is 0 Å². The topological polar surface area (TPSA) is 89.5 Å². The van der Waals surface area contributed by atoms with E-state index in [2.05, 4.69) is 20.5 Å². The lowest BCUT2D eigenvalue weighted by Crippen LogP contribution is -2.39. The van der Waals surface area contributed by atoms with Crippen LogP contribution in [-0.4, -0.2) is 46.1 Å². The Morgan fingerprint density at radius 2 is 2.00 bits per heavy atom. The minimum Gasteiger partial charge on any atom is -0.489 e. The molecule has 0 aromatic carbocycles. The predicted molar refractivity (Wildman–Crippen MR) is 116 cm³/mol. The first-order chi connectivity index (χ1) is 15.2. The molecule has 5 rings (SSSR count). The first-order valence-electron chi connectivity index (χ1n) is 11.3. The quantitative estimate of drug-likeness (QED) is 0.745. The monoisotopic (exact) mass is 423 g/mol. The molecular weight excluding hydrogens is 394 g/mol. The summed E-state index contributed by atoms with van der Waals surface area (Å²) in [4.78, 5) is 18.5. The summed E-state index contributed by atoms with van der Waals surface area (Å²) in [6.45, 7) is 1.42. The summed E-state index contributed by atoms with van der Waals surface area (Å²) in [5, 5.41) is 11.4. The lowest BCUT2D eigenvalue weighted by atomic mass is 9.78. The van der Waals surface area contributed by atoms with Gasteiger partial charge < -0.3 is 14.8 Å². The van der Waals surface area contributed by atoms with Gasteiger partial charge in [-0.25, -0.2) is 9.78 Å². The van der Waals surface area contributed by atoms with E-state index >= 15 is 0 Å². The standard InChI is InChI=1S/C23H29N5O3/c29-22-28(21-6-3-13-26-27-21)16-23(31-22)11-9-17(10-12-23)14-24-20-8-7-19(15-25-20)30-18-4-1-2-5-18/h3,6-8,13,15,17-18H,1-2,4-5,9-12,14,16H2,(H,24,25)/t17-,23-. The molecule has 3 heterocycles. The third kappa shape index (κ3) is 4.57. The van der Waals surface area contributed by atoms with E-state index in [4.69, 9.17) is 9.47 Å². The maximum Gasteiger partial charge on any atom is 0.416 e. The highest BCUT2D eigenvalue weighted by molar-refractivity contribution is 5.89. The Balaban J connectivity index is 1.09. The number of carbonyl (C=O) groups is 1. The maximum absolute atomic E-state index is 12.4. The van der Waals surface area contributed by atoms with Gasteiger partial charge in [-0.3, -0.25) is 4.90 Å². The summed E-state index contributed by atoms with van der Waals surface area (Å²) < 4.78 is 11.8. The van der Waals surface area contributed by atoms with Crippen molar-refractivity contribution in [3.05, 3.63) is 36.7 Å². The van der Waals surface area contributed by atoms with Crippen LogP contribution in [0.5, 0.6) is 5.75 Å².